The molecule has 1 aromatic rings. The fourth-order valence-corrected chi connectivity index (χ4v) is 2.72. The van der Waals surface area contributed by atoms with E-state index >= 15 is 0 Å². The summed E-state index contributed by atoms with van der Waals surface area (Å²) in [5.41, 5.74) is 0. The Kier molecular flexibility index (Phi) is 3.37. The Morgan fingerprint density at radius 2 is 2.38 bits per heavy atom. The van der Waals surface area contributed by atoms with Gasteiger partial charge in [0.15, 0.2) is 0 Å². The van der Waals surface area contributed by atoms with Gasteiger partial charge in [-0.15, -0.1) is 11.3 Å². The zero-order chi connectivity index (χ0) is 9.90. The van der Waals surface area contributed by atoms with Gasteiger partial charge in [-0.3, -0.25) is 0 Å². The maximum Gasteiger partial charge on any atom is 0.215 e. The largest absolute Gasteiger partial charge is 0.315 e. The molecule has 0 unspecified atom stereocenters. The molecule has 0 aromatic carbocycles. The van der Waals surface area contributed by atoms with Gasteiger partial charge in [0, 0.05) is 17.6 Å². The van der Waals surface area contributed by atoms with Gasteiger partial charge in [-0.05, 0) is 7.05 Å². The van der Waals surface area contributed by atoms with Crippen LogP contribution in [-0.2, 0) is 22.3 Å². The molecule has 0 bridgehead atoms. The summed E-state index contributed by atoms with van der Waals surface area (Å²) in [5.74, 6) is -0.179. The topological polar surface area (TPSA) is 85.1 Å². The van der Waals surface area contributed by atoms with E-state index in [-0.39, 0.29) is 5.75 Å². The molecule has 0 radical (unpaired) electrons. The molecule has 0 aliphatic heterocycles. The average molecular weight is 221 g/mol. The molecule has 0 fully saturated rings. The summed E-state index contributed by atoms with van der Waals surface area (Å²) in [6, 6.07) is 0. The van der Waals surface area contributed by atoms with E-state index in [4.69, 9.17) is 5.14 Å². The van der Waals surface area contributed by atoms with Crippen LogP contribution in [0.1, 0.15) is 9.88 Å². The Bertz CT molecular complexity index is 371. The Balaban J connectivity index is 2.69. The van der Waals surface area contributed by atoms with Crippen molar-refractivity contribution < 1.29 is 8.42 Å². The van der Waals surface area contributed by atoms with E-state index in [0.717, 1.165) is 4.88 Å². The van der Waals surface area contributed by atoms with Crippen molar-refractivity contribution >= 4 is 21.4 Å². The molecule has 1 aromatic heterocycles. The smallest absolute Gasteiger partial charge is 0.215 e. The number of hydrogen-bond acceptors (Lipinski definition) is 5. The normalized spacial score (nSPS) is 11.8. The van der Waals surface area contributed by atoms with Gasteiger partial charge in [0.2, 0.25) is 10.0 Å². The van der Waals surface area contributed by atoms with Gasteiger partial charge >= 0.3 is 0 Å². The summed E-state index contributed by atoms with van der Waals surface area (Å²) < 4.78 is 21.4. The first-order valence-corrected chi connectivity index (χ1v) is 6.13. The lowest BCUT2D eigenvalue weighted by molar-refractivity contribution is 0.597. The SMILES string of the molecule is CNCc1cnc(CS(N)(=O)=O)s1. The second-order valence-electron chi connectivity index (χ2n) is 2.56. The van der Waals surface area contributed by atoms with Crippen molar-refractivity contribution in [3.8, 4) is 0 Å². The van der Waals surface area contributed by atoms with Crippen LogP contribution >= 0.6 is 11.3 Å². The summed E-state index contributed by atoms with van der Waals surface area (Å²) >= 11 is 1.35. The molecule has 0 saturated carbocycles. The van der Waals surface area contributed by atoms with Gasteiger partial charge in [-0.25, -0.2) is 18.5 Å². The highest BCUT2D eigenvalue weighted by molar-refractivity contribution is 7.88. The number of primary sulfonamides is 1. The highest BCUT2D eigenvalue weighted by Crippen LogP contribution is 2.14. The second kappa shape index (κ2) is 4.14. The zero-order valence-electron chi connectivity index (χ0n) is 7.15. The molecular formula is C6H11N3O2S2. The Hall–Kier alpha value is -0.500. The Labute approximate surface area is 81.0 Å². The van der Waals surface area contributed by atoms with Crippen LogP contribution in [0, 0.1) is 0 Å². The third-order valence-corrected chi connectivity index (χ3v) is 3.13. The molecule has 0 spiro atoms. The molecule has 3 N–H and O–H groups in total. The van der Waals surface area contributed by atoms with Crippen molar-refractivity contribution in [2.45, 2.75) is 12.3 Å². The molecule has 74 valence electrons. The van der Waals surface area contributed by atoms with Crippen molar-refractivity contribution in [3.05, 3.63) is 16.1 Å². The standard InChI is InChI=1S/C6H11N3O2S2/c1-8-2-5-3-9-6(12-5)4-13(7,10)11/h3,8H,2,4H2,1H3,(H2,7,10,11). The summed E-state index contributed by atoms with van der Waals surface area (Å²) in [4.78, 5) is 4.94. The quantitative estimate of drug-likeness (QED) is 0.728. The number of hydrogen-bond donors (Lipinski definition) is 2. The summed E-state index contributed by atoms with van der Waals surface area (Å²) in [5, 5.41) is 8.36. The number of thiazole rings is 1. The van der Waals surface area contributed by atoms with Crippen LogP contribution in [0.5, 0.6) is 0 Å². The van der Waals surface area contributed by atoms with Crippen molar-refractivity contribution in [1.82, 2.24) is 10.3 Å². The van der Waals surface area contributed by atoms with Gasteiger partial charge in [0.1, 0.15) is 10.8 Å². The molecular weight excluding hydrogens is 210 g/mol. The lowest BCUT2D eigenvalue weighted by Gasteiger charge is -1.92. The van der Waals surface area contributed by atoms with Crippen molar-refractivity contribution in [2.24, 2.45) is 5.14 Å². The van der Waals surface area contributed by atoms with Gasteiger partial charge in [-0.2, -0.15) is 0 Å². The first kappa shape index (κ1) is 10.6. The second-order valence-corrected chi connectivity index (χ2v) is 5.37. The van der Waals surface area contributed by atoms with Crippen LogP contribution in [0.4, 0.5) is 0 Å². The monoisotopic (exact) mass is 221 g/mol. The minimum Gasteiger partial charge on any atom is -0.315 e. The molecule has 0 atom stereocenters. The summed E-state index contributed by atoms with van der Waals surface area (Å²) in [6.07, 6.45) is 1.65. The van der Waals surface area contributed by atoms with E-state index in [0.29, 0.717) is 11.6 Å². The van der Waals surface area contributed by atoms with Gasteiger partial charge in [0.25, 0.3) is 0 Å². The van der Waals surface area contributed by atoms with E-state index in [2.05, 4.69) is 10.3 Å². The third kappa shape index (κ3) is 3.81. The first-order valence-electron chi connectivity index (χ1n) is 3.60. The number of nitrogens with zero attached hydrogens (tertiary/aromatic N) is 1. The molecule has 0 aliphatic rings. The fourth-order valence-electron chi connectivity index (χ4n) is 0.843. The lowest BCUT2D eigenvalue weighted by Crippen LogP contribution is -2.14. The van der Waals surface area contributed by atoms with Crippen LogP contribution < -0.4 is 10.5 Å². The van der Waals surface area contributed by atoms with E-state index in [1.54, 1.807) is 6.20 Å². The number of nitrogens with one attached hydrogen (secondary N) is 1. The Morgan fingerprint density at radius 1 is 1.69 bits per heavy atom. The third-order valence-electron chi connectivity index (χ3n) is 1.28. The van der Waals surface area contributed by atoms with Crippen LogP contribution in [0.15, 0.2) is 6.20 Å². The highest BCUT2D eigenvalue weighted by atomic mass is 32.2. The van der Waals surface area contributed by atoms with Gasteiger partial charge < -0.3 is 5.32 Å². The molecule has 0 amide bonds. The van der Waals surface area contributed by atoms with E-state index in [9.17, 15) is 8.42 Å². The molecule has 1 rings (SSSR count). The predicted octanol–water partition coefficient (Wildman–Crippen LogP) is -0.349. The van der Waals surface area contributed by atoms with Crippen LogP contribution in [-0.4, -0.2) is 20.4 Å². The van der Waals surface area contributed by atoms with Crippen LogP contribution in [0.3, 0.4) is 0 Å². The van der Waals surface area contributed by atoms with Crippen molar-refractivity contribution in [1.29, 1.82) is 0 Å². The minimum absolute atomic E-state index is 0.179. The summed E-state index contributed by atoms with van der Waals surface area (Å²) in [6.45, 7) is 0.697. The first-order chi connectivity index (χ1) is 6.01. The van der Waals surface area contributed by atoms with E-state index in [1.165, 1.54) is 11.3 Å². The Morgan fingerprint density at radius 3 is 2.92 bits per heavy atom. The maximum atomic E-state index is 10.7. The maximum absolute atomic E-state index is 10.7. The molecule has 5 nitrogen and oxygen atoms in total. The zero-order valence-corrected chi connectivity index (χ0v) is 8.78. The van der Waals surface area contributed by atoms with Crippen molar-refractivity contribution in [2.75, 3.05) is 7.05 Å². The molecule has 0 saturated heterocycles. The van der Waals surface area contributed by atoms with E-state index < -0.39 is 10.0 Å². The number of nitrogens with two attached hydrogens (primary N) is 1. The fraction of sp³-hybridized carbons (Fsp3) is 0.500. The predicted molar refractivity (Wildman–Crippen MR) is 51.7 cm³/mol. The molecule has 13 heavy (non-hydrogen) atoms. The minimum atomic E-state index is -3.45. The molecule has 7 heteroatoms. The molecule has 0 aliphatic carbocycles. The number of aromatic nitrogens is 1. The van der Waals surface area contributed by atoms with Gasteiger partial charge in [-0.1, -0.05) is 0 Å². The highest BCUT2D eigenvalue weighted by Gasteiger charge is 2.08. The van der Waals surface area contributed by atoms with Crippen molar-refractivity contribution in [3.63, 3.8) is 0 Å². The summed E-state index contributed by atoms with van der Waals surface area (Å²) in [7, 11) is -1.63. The number of sulfonamides is 1. The van der Waals surface area contributed by atoms with Crippen LogP contribution in [0.25, 0.3) is 0 Å². The van der Waals surface area contributed by atoms with Crippen LogP contribution in [0.2, 0.25) is 0 Å². The molecule has 1 heterocycles. The van der Waals surface area contributed by atoms with Gasteiger partial charge in [0.05, 0.1) is 0 Å². The number of rotatable bonds is 4. The van der Waals surface area contributed by atoms with E-state index in [1.807, 2.05) is 7.05 Å². The lowest BCUT2D eigenvalue weighted by atomic mass is 10.5. The average Bonchev–Trinajstić information content (AvgIpc) is 2.33.